The Morgan fingerprint density at radius 2 is 1.76 bits per heavy atom. The minimum Gasteiger partial charge on any atom is -0.493 e. The molecule has 9 heteroatoms. The van der Waals surface area contributed by atoms with Gasteiger partial charge in [-0.25, -0.2) is 0 Å². The average molecular weight is 527 g/mol. The van der Waals surface area contributed by atoms with E-state index in [1.807, 2.05) is 24.3 Å². The van der Waals surface area contributed by atoms with Crippen LogP contribution < -0.4 is 14.2 Å². The van der Waals surface area contributed by atoms with Gasteiger partial charge < -0.3 is 28.4 Å². The van der Waals surface area contributed by atoms with Crippen molar-refractivity contribution in [3.05, 3.63) is 77.2 Å². The van der Waals surface area contributed by atoms with Gasteiger partial charge in [-0.05, 0) is 73.4 Å². The number of ether oxygens (including phenoxy) is 3. The molecule has 0 N–H and O–H groups in total. The third-order valence-electron chi connectivity index (χ3n) is 6.19. The lowest BCUT2D eigenvalue weighted by Crippen LogP contribution is -2.45. The first-order chi connectivity index (χ1) is 18.0. The van der Waals surface area contributed by atoms with Crippen molar-refractivity contribution in [3.8, 4) is 17.2 Å². The summed E-state index contributed by atoms with van der Waals surface area (Å²) >= 11 is 5.91. The van der Waals surface area contributed by atoms with Crippen LogP contribution in [0.3, 0.4) is 0 Å². The molecule has 2 amide bonds. The summed E-state index contributed by atoms with van der Waals surface area (Å²) in [6.07, 6.45) is 3.94. The lowest BCUT2D eigenvalue weighted by Gasteiger charge is -2.27. The summed E-state index contributed by atoms with van der Waals surface area (Å²) in [5, 5.41) is 0.591. The number of carbonyl (C=O) groups is 2. The fourth-order valence-electron chi connectivity index (χ4n) is 3.99. The smallest absolute Gasteiger partial charge is 0.261 e. The molecule has 1 saturated carbocycles. The van der Waals surface area contributed by atoms with Crippen LogP contribution in [-0.2, 0) is 22.6 Å². The summed E-state index contributed by atoms with van der Waals surface area (Å²) in [5.74, 6) is 2.14. The Labute approximate surface area is 221 Å². The molecule has 2 aromatic carbocycles. The number of benzene rings is 2. The molecule has 0 saturated heterocycles. The second kappa shape index (κ2) is 12.5. The van der Waals surface area contributed by atoms with Gasteiger partial charge in [0.25, 0.3) is 5.91 Å². The lowest BCUT2D eigenvalue weighted by atomic mass is 10.1. The number of halogens is 1. The van der Waals surface area contributed by atoms with Gasteiger partial charge in [0.2, 0.25) is 5.91 Å². The second-order valence-corrected chi connectivity index (χ2v) is 9.27. The Balaban J connectivity index is 1.41. The second-order valence-electron chi connectivity index (χ2n) is 8.83. The molecule has 0 aliphatic heterocycles. The van der Waals surface area contributed by atoms with E-state index in [1.54, 1.807) is 60.6 Å². The monoisotopic (exact) mass is 526 g/mol. The van der Waals surface area contributed by atoms with Crippen molar-refractivity contribution in [1.29, 1.82) is 0 Å². The van der Waals surface area contributed by atoms with Crippen molar-refractivity contribution in [2.24, 2.45) is 0 Å². The maximum Gasteiger partial charge on any atom is 0.261 e. The molecule has 0 atom stereocenters. The van der Waals surface area contributed by atoms with Gasteiger partial charge in [0.05, 0.1) is 27.0 Å². The highest BCUT2D eigenvalue weighted by Gasteiger charge is 2.35. The molecule has 0 unspecified atom stereocenters. The minimum absolute atomic E-state index is 0.0138. The molecule has 1 aliphatic rings. The van der Waals surface area contributed by atoms with Crippen LogP contribution in [0.15, 0.2) is 65.3 Å². The first-order valence-corrected chi connectivity index (χ1v) is 12.5. The summed E-state index contributed by atoms with van der Waals surface area (Å²) in [6, 6.07) is 16.2. The van der Waals surface area contributed by atoms with E-state index in [0.717, 1.165) is 18.4 Å². The summed E-state index contributed by atoms with van der Waals surface area (Å²) in [4.78, 5) is 29.8. The highest BCUT2D eigenvalue weighted by Crippen LogP contribution is 2.29. The summed E-state index contributed by atoms with van der Waals surface area (Å²) in [6.45, 7) is 0.603. The van der Waals surface area contributed by atoms with Crippen molar-refractivity contribution in [2.45, 2.75) is 31.8 Å². The Kier molecular flexibility index (Phi) is 8.95. The molecule has 1 aromatic heterocycles. The van der Waals surface area contributed by atoms with Crippen LogP contribution >= 0.6 is 11.6 Å². The van der Waals surface area contributed by atoms with E-state index >= 15 is 0 Å². The Morgan fingerprint density at radius 1 is 1.00 bits per heavy atom. The summed E-state index contributed by atoms with van der Waals surface area (Å²) < 4.78 is 21.9. The molecule has 0 spiro atoms. The SMILES string of the molecule is COc1ccc(CCN(Cc2ccco2)C(=O)CN(C(=O)COc2ccc(Cl)cc2)C2CC2)cc1OC. The van der Waals surface area contributed by atoms with Crippen molar-refractivity contribution in [3.63, 3.8) is 0 Å². The highest BCUT2D eigenvalue weighted by molar-refractivity contribution is 6.30. The minimum atomic E-state index is -0.219. The Morgan fingerprint density at radius 3 is 2.41 bits per heavy atom. The van der Waals surface area contributed by atoms with E-state index in [4.69, 9.17) is 30.2 Å². The molecule has 4 rings (SSSR count). The zero-order chi connectivity index (χ0) is 26.2. The third-order valence-corrected chi connectivity index (χ3v) is 6.44. The first kappa shape index (κ1) is 26.4. The molecule has 1 aliphatic carbocycles. The topological polar surface area (TPSA) is 81.5 Å². The van der Waals surface area contributed by atoms with Crippen molar-refractivity contribution >= 4 is 23.4 Å². The number of hydrogen-bond acceptors (Lipinski definition) is 6. The molecule has 37 heavy (non-hydrogen) atoms. The van der Waals surface area contributed by atoms with Crippen LogP contribution in [0.2, 0.25) is 5.02 Å². The highest BCUT2D eigenvalue weighted by atomic mass is 35.5. The molecule has 196 valence electrons. The first-order valence-electron chi connectivity index (χ1n) is 12.2. The normalized spacial score (nSPS) is 12.6. The van der Waals surface area contributed by atoms with E-state index in [0.29, 0.717) is 47.5 Å². The number of furan rings is 1. The lowest BCUT2D eigenvalue weighted by molar-refractivity contribution is -0.142. The predicted octanol–water partition coefficient (Wildman–Crippen LogP) is 4.59. The summed E-state index contributed by atoms with van der Waals surface area (Å²) in [5.41, 5.74) is 1.00. The number of hydrogen-bond donors (Lipinski definition) is 0. The number of methoxy groups -OCH3 is 2. The standard InChI is InChI=1S/C28H31ClN2O6/c1-34-25-12-5-20(16-26(25)35-2)13-14-30(17-24-4-3-15-36-24)27(32)18-31(22-8-9-22)28(33)19-37-23-10-6-21(29)7-11-23/h3-7,10-12,15-16,22H,8-9,13-14,17-19H2,1-2H3. The van der Waals surface area contributed by atoms with Gasteiger partial charge in [0.15, 0.2) is 18.1 Å². The zero-order valence-electron chi connectivity index (χ0n) is 21.0. The zero-order valence-corrected chi connectivity index (χ0v) is 21.8. The summed E-state index contributed by atoms with van der Waals surface area (Å²) in [7, 11) is 3.18. The van der Waals surface area contributed by atoms with Gasteiger partial charge in [-0.3, -0.25) is 9.59 Å². The Bertz CT molecular complexity index is 1180. The van der Waals surface area contributed by atoms with Crippen LogP contribution in [0.5, 0.6) is 17.2 Å². The maximum atomic E-state index is 13.5. The molecular weight excluding hydrogens is 496 g/mol. The van der Waals surface area contributed by atoms with Crippen molar-refractivity contribution < 1.29 is 28.2 Å². The third kappa shape index (κ3) is 7.43. The fraction of sp³-hybridized carbons (Fsp3) is 0.357. The molecular formula is C28H31ClN2O6. The van der Waals surface area contributed by atoms with E-state index in [1.165, 1.54) is 0 Å². The average Bonchev–Trinajstić information content (AvgIpc) is 3.63. The molecule has 0 bridgehead atoms. The van der Waals surface area contributed by atoms with Crippen LogP contribution in [0.1, 0.15) is 24.2 Å². The van der Waals surface area contributed by atoms with Gasteiger partial charge in [0, 0.05) is 17.6 Å². The molecule has 3 aromatic rings. The number of rotatable bonds is 13. The fourth-order valence-corrected chi connectivity index (χ4v) is 4.12. The van der Waals surface area contributed by atoms with Crippen LogP contribution in [0, 0.1) is 0 Å². The van der Waals surface area contributed by atoms with Crippen LogP contribution in [-0.4, -0.2) is 61.6 Å². The molecule has 1 heterocycles. The van der Waals surface area contributed by atoms with E-state index in [-0.39, 0.29) is 31.0 Å². The van der Waals surface area contributed by atoms with Gasteiger partial charge in [-0.15, -0.1) is 0 Å². The molecule has 0 radical (unpaired) electrons. The van der Waals surface area contributed by atoms with Gasteiger partial charge in [0.1, 0.15) is 18.1 Å². The number of amides is 2. The largest absolute Gasteiger partial charge is 0.493 e. The van der Waals surface area contributed by atoms with Gasteiger partial charge in [-0.1, -0.05) is 17.7 Å². The van der Waals surface area contributed by atoms with Crippen LogP contribution in [0.4, 0.5) is 0 Å². The van der Waals surface area contributed by atoms with E-state index in [9.17, 15) is 9.59 Å². The van der Waals surface area contributed by atoms with E-state index < -0.39 is 0 Å². The van der Waals surface area contributed by atoms with Crippen molar-refractivity contribution in [2.75, 3.05) is 33.9 Å². The quantitative estimate of drug-likeness (QED) is 0.324. The molecule has 1 fully saturated rings. The Hall–Kier alpha value is -3.65. The number of carbonyl (C=O) groups excluding carboxylic acids is 2. The molecule has 8 nitrogen and oxygen atoms in total. The van der Waals surface area contributed by atoms with Crippen LogP contribution in [0.25, 0.3) is 0 Å². The van der Waals surface area contributed by atoms with E-state index in [2.05, 4.69) is 0 Å². The number of nitrogens with zero attached hydrogens (tertiary/aromatic N) is 2. The maximum absolute atomic E-state index is 13.5. The van der Waals surface area contributed by atoms with Gasteiger partial charge in [-0.2, -0.15) is 0 Å². The van der Waals surface area contributed by atoms with Crippen molar-refractivity contribution in [1.82, 2.24) is 9.80 Å². The van der Waals surface area contributed by atoms with Gasteiger partial charge >= 0.3 is 0 Å². The predicted molar refractivity (Wildman–Crippen MR) is 139 cm³/mol.